The number of nitrogens with two attached hydrogens (primary N) is 1. The number of aliphatic hydroxyl groups is 1. The molecule has 3 atom stereocenters. The van der Waals surface area contributed by atoms with E-state index < -0.39 is 6.29 Å². The summed E-state index contributed by atoms with van der Waals surface area (Å²) in [5.41, 5.74) is 13.1. The SMILES string of the molecule is Nc1ccccc1NC(=O)CCCCCCC(=O)NCc1ccccc1-c1ccc([C@@H]2O[C@H](CSc3ccccc3)C[C@H](c3ccc(CO)cc3)O2)cc1. The number of hydrogen-bond acceptors (Lipinski definition) is 7. The van der Waals surface area contributed by atoms with Crippen molar-refractivity contribution in [1.29, 1.82) is 0 Å². The highest BCUT2D eigenvalue weighted by molar-refractivity contribution is 7.99. The Hall–Kier alpha value is -4.93. The zero-order valence-corrected chi connectivity index (χ0v) is 31.3. The smallest absolute Gasteiger partial charge is 0.224 e. The zero-order valence-electron chi connectivity index (χ0n) is 30.5. The number of benzene rings is 5. The van der Waals surface area contributed by atoms with Gasteiger partial charge in [0.25, 0.3) is 0 Å². The molecular formula is C45H49N3O5S. The number of thioether (sulfide) groups is 1. The van der Waals surface area contributed by atoms with Crippen molar-refractivity contribution in [3.8, 4) is 11.1 Å². The highest BCUT2D eigenvalue weighted by Gasteiger charge is 2.32. The number of anilines is 2. The Bertz CT molecular complexity index is 1940. The lowest BCUT2D eigenvalue weighted by Gasteiger charge is -2.36. The van der Waals surface area contributed by atoms with E-state index in [9.17, 15) is 14.7 Å². The maximum absolute atomic E-state index is 12.7. The van der Waals surface area contributed by atoms with Gasteiger partial charge in [-0.05, 0) is 64.9 Å². The second-order valence-corrected chi connectivity index (χ2v) is 14.7. The van der Waals surface area contributed by atoms with Gasteiger partial charge in [0.2, 0.25) is 11.8 Å². The largest absolute Gasteiger partial charge is 0.397 e. The third-order valence-electron chi connectivity index (χ3n) is 9.57. The van der Waals surface area contributed by atoms with Gasteiger partial charge >= 0.3 is 0 Å². The van der Waals surface area contributed by atoms with Crippen molar-refractivity contribution in [2.75, 3.05) is 16.8 Å². The molecule has 0 aliphatic carbocycles. The molecule has 5 aromatic rings. The molecular weight excluding hydrogens is 695 g/mol. The van der Waals surface area contributed by atoms with Crippen LogP contribution in [-0.2, 0) is 32.2 Å². The van der Waals surface area contributed by atoms with Crippen LogP contribution in [0.5, 0.6) is 0 Å². The van der Waals surface area contributed by atoms with Gasteiger partial charge in [-0.3, -0.25) is 9.59 Å². The van der Waals surface area contributed by atoms with E-state index >= 15 is 0 Å². The van der Waals surface area contributed by atoms with Crippen molar-refractivity contribution in [1.82, 2.24) is 5.32 Å². The molecule has 2 amide bonds. The average Bonchev–Trinajstić information content (AvgIpc) is 3.22. The third kappa shape index (κ3) is 11.3. The van der Waals surface area contributed by atoms with Crippen molar-refractivity contribution in [2.24, 2.45) is 0 Å². The fourth-order valence-corrected chi connectivity index (χ4v) is 7.48. The van der Waals surface area contributed by atoms with Crippen LogP contribution < -0.4 is 16.4 Å². The van der Waals surface area contributed by atoms with E-state index in [0.717, 1.165) is 71.2 Å². The van der Waals surface area contributed by atoms with Gasteiger partial charge in [0.1, 0.15) is 0 Å². The second-order valence-electron chi connectivity index (χ2n) is 13.6. The molecule has 0 spiro atoms. The minimum Gasteiger partial charge on any atom is -0.397 e. The van der Waals surface area contributed by atoms with Gasteiger partial charge in [-0.25, -0.2) is 0 Å². The summed E-state index contributed by atoms with van der Waals surface area (Å²) in [4.78, 5) is 26.2. The van der Waals surface area contributed by atoms with Crippen molar-refractivity contribution in [2.45, 2.75) is 81.5 Å². The predicted octanol–water partition coefficient (Wildman–Crippen LogP) is 9.36. The second kappa shape index (κ2) is 19.9. The van der Waals surface area contributed by atoms with E-state index in [1.807, 2.05) is 60.7 Å². The molecule has 0 unspecified atom stereocenters. The highest BCUT2D eigenvalue weighted by atomic mass is 32.2. The molecule has 1 aliphatic heterocycles. The lowest BCUT2D eigenvalue weighted by molar-refractivity contribution is -0.245. The van der Waals surface area contributed by atoms with E-state index in [2.05, 4.69) is 65.2 Å². The lowest BCUT2D eigenvalue weighted by atomic mass is 9.97. The first-order valence-corrected chi connectivity index (χ1v) is 19.7. The van der Waals surface area contributed by atoms with Crippen LogP contribution in [0.3, 0.4) is 0 Å². The van der Waals surface area contributed by atoms with Crippen molar-refractivity contribution in [3.63, 3.8) is 0 Å². The van der Waals surface area contributed by atoms with E-state index in [1.165, 1.54) is 4.90 Å². The molecule has 1 saturated heterocycles. The Labute approximate surface area is 322 Å². The summed E-state index contributed by atoms with van der Waals surface area (Å²) in [7, 11) is 0. The van der Waals surface area contributed by atoms with Crippen molar-refractivity contribution < 1.29 is 24.2 Å². The molecule has 0 radical (unpaired) electrons. The van der Waals surface area contributed by atoms with E-state index in [1.54, 1.807) is 23.9 Å². The van der Waals surface area contributed by atoms with Crippen molar-refractivity contribution in [3.05, 3.63) is 150 Å². The molecule has 6 rings (SSSR count). The quantitative estimate of drug-likeness (QED) is 0.0425. The molecule has 1 fully saturated rings. The maximum Gasteiger partial charge on any atom is 0.224 e. The molecule has 5 aromatic carbocycles. The number of aliphatic hydroxyl groups excluding tert-OH is 1. The van der Waals surface area contributed by atoms with Crippen LogP contribution in [0.2, 0.25) is 0 Å². The topological polar surface area (TPSA) is 123 Å². The molecule has 54 heavy (non-hydrogen) atoms. The molecule has 8 nitrogen and oxygen atoms in total. The number of amides is 2. The Morgan fingerprint density at radius 1 is 0.722 bits per heavy atom. The highest BCUT2D eigenvalue weighted by Crippen LogP contribution is 2.40. The fraction of sp³-hybridized carbons (Fsp3) is 0.289. The zero-order chi connectivity index (χ0) is 37.5. The van der Waals surface area contributed by atoms with Crippen molar-refractivity contribution >= 4 is 35.0 Å². The summed E-state index contributed by atoms with van der Waals surface area (Å²) in [5, 5.41) is 15.5. The first-order valence-electron chi connectivity index (χ1n) is 18.7. The number of rotatable bonds is 17. The number of ether oxygens (including phenoxy) is 2. The van der Waals surface area contributed by atoms with E-state index in [4.69, 9.17) is 15.2 Å². The first-order chi connectivity index (χ1) is 26.4. The van der Waals surface area contributed by atoms with Crippen LogP contribution in [0, 0.1) is 0 Å². The number of hydrogen-bond donors (Lipinski definition) is 4. The molecule has 0 saturated carbocycles. The monoisotopic (exact) mass is 743 g/mol. The van der Waals surface area contributed by atoms with Crippen LogP contribution >= 0.6 is 11.8 Å². The van der Waals surface area contributed by atoms with E-state index in [-0.39, 0.29) is 30.6 Å². The normalized spacial score (nSPS) is 16.8. The maximum atomic E-state index is 12.7. The minimum absolute atomic E-state index is 0.00663. The first kappa shape index (κ1) is 38.8. The van der Waals surface area contributed by atoms with Gasteiger partial charge in [0, 0.05) is 42.0 Å². The number of carbonyl (C=O) groups excluding carboxylic acids is 2. The molecule has 0 aromatic heterocycles. The number of unbranched alkanes of at least 4 members (excludes halogenated alkanes) is 3. The summed E-state index contributed by atoms with van der Waals surface area (Å²) in [5.74, 6) is 0.771. The number of nitrogen functional groups attached to an aromatic ring is 1. The Morgan fingerprint density at radius 3 is 2.13 bits per heavy atom. The molecule has 0 bridgehead atoms. The third-order valence-corrected chi connectivity index (χ3v) is 10.7. The summed E-state index contributed by atoms with van der Waals surface area (Å²) in [6.07, 6.45) is 4.21. The molecule has 1 aliphatic rings. The molecule has 280 valence electrons. The van der Waals surface area contributed by atoms with E-state index in [0.29, 0.717) is 30.8 Å². The number of para-hydroxylation sites is 2. The summed E-state index contributed by atoms with van der Waals surface area (Å²) in [6.45, 7) is 0.443. The predicted molar refractivity (Wildman–Crippen MR) is 216 cm³/mol. The molecule has 9 heteroatoms. The standard InChI is InChI=1S/C45H49N3O5S/c46-40-16-10-11-17-41(40)48-44(51)19-7-2-1-6-18-43(50)47-29-36-12-8-9-15-39(36)33-24-26-35(27-25-33)45-52-37(31-54-38-13-4-3-5-14-38)28-42(53-45)34-22-20-32(30-49)21-23-34/h3-5,8-17,20-27,37,42,45,49H,1-2,6-7,18-19,28-31,46H2,(H,47,50)(H,48,51)/t37-,42+,45+/m0/s1. The Kier molecular flexibility index (Phi) is 14.3. The summed E-state index contributed by atoms with van der Waals surface area (Å²) >= 11 is 1.78. The Balaban J connectivity index is 1.00. The van der Waals surface area contributed by atoms with Gasteiger partial charge < -0.3 is 30.9 Å². The molecule has 1 heterocycles. The van der Waals surface area contributed by atoms with Crippen LogP contribution in [-0.4, -0.2) is 28.8 Å². The number of nitrogens with one attached hydrogen (secondary N) is 2. The molecule has 5 N–H and O–H groups in total. The van der Waals surface area contributed by atoms with Crippen LogP contribution in [0.4, 0.5) is 11.4 Å². The summed E-state index contributed by atoms with van der Waals surface area (Å²) in [6, 6.07) is 42.0. The fourth-order valence-electron chi connectivity index (χ4n) is 6.53. The van der Waals surface area contributed by atoms with Gasteiger partial charge in [0.15, 0.2) is 6.29 Å². The van der Waals surface area contributed by atoms with Gasteiger partial charge in [-0.2, -0.15) is 0 Å². The van der Waals surface area contributed by atoms with Gasteiger partial charge in [-0.15, -0.1) is 11.8 Å². The lowest BCUT2D eigenvalue weighted by Crippen LogP contribution is -2.31. The van der Waals surface area contributed by atoms with Gasteiger partial charge in [-0.1, -0.05) is 116 Å². The average molecular weight is 744 g/mol. The number of carbonyl (C=O) groups is 2. The van der Waals surface area contributed by atoms with Crippen LogP contribution in [0.1, 0.15) is 79.6 Å². The Morgan fingerprint density at radius 2 is 1.39 bits per heavy atom. The summed E-state index contributed by atoms with van der Waals surface area (Å²) < 4.78 is 13.1. The van der Waals surface area contributed by atoms with Gasteiger partial charge in [0.05, 0.1) is 30.2 Å². The van der Waals surface area contributed by atoms with Crippen LogP contribution in [0.25, 0.3) is 11.1 Å². The van der Waals surface area contributed by atoms with Crippen LogP contribution in [0.15, 0.2) is 132 Å². The minimum atomic E-state index is -0.531.